The standard InChI is InChI=1S/C23H48O4S.Na/c1-3-5-6-7-8-9-10-11-12-13-14-16-19-22(24)20-17-15-18-21-23(4-2)28(25,26)27;/h22-24H,3-21H2,1-2H3,(H,25,26,27);/q;+1/p-1. The Balaban J connectivity index is 0. The molecule has 2 atom stereocenters. The van der Waals surface area contributed by atoms with Gasteiger partial charge in [0.05, 0.1) is 16.2 Å². The first-order chi connectivity index (χ1) is 13.4. The number of rotatable bonds is 21. The number of unbranched alkanes of at least 4 members (excludes halogenated alkanes) is 13. The third kappa shape index (κ3) is 21.9. The van der Waals surface area contributed by atoms with Gasteiger partial charge in [-0.3, -0.25) is 0 Å². The van der Waals surface area contributed by atoms with Crippen LogP contribution in [-0.4, -0.2) is 29.4 Å². The van der Waals surface area contributed by atoms with Crippen LogP contribution in [-0.2, 0) is 10.1 Å². The van der Waals surface area contributed by atoms with E-state index in [0.717, 1.165) is 38.5 Å². The Kier molecular flexibility index (Phi) is 24.4. The van der Waals surface area contributed by atoms with Crippen molar-refractivity contribution in [2.24, 2.45) is 0 Å². The van der Waals surface area contributed by atoms with Gasteiger partial charge in [0.1, 0.15) is 0 Å². The predicted octanol–water partition coefficient (Wildman–Crippen LogP) is 3.72. The molecule has 170 valence electrons. The third-order valence-corrected chi connectivity index (χ3v) is 7.20. The summed E-state index contributed by atoms with van der Waals surface area (Å²) in [5.74, 6) is 0. The van der Waals surface area contributed by atoms with E-state index in [1.165, 1.54) is 70.6 Å². The van der Waals surface area contributed by atoms with Gasteiger partial charge < -0.3 is 9.66 Å². The van der Waals surface area contributed by atoms with Crippen molar-refractivity contribution in [1.82, 2.24) is 0 Å². The van der Waals surface area contributed by atoms with E-state index in [1.807, 2.05) is 0 Å². The molecule has 0 bridgehead atoms. The van der Waals surface area contributed by atoms with E-state index in [0.29, 0.717) is 12.8 Å². The van der Waals surface area contributed by atoms with Gasteiger partial charge in [0.15, 0.2) is 0 Å². The van der Waals surface area contributed by atoms with Crippen molar-refractivity contribution in [1.29, 1.82) is 0 Å². The number of hydrogen-bond donors (Lipinski definition) is 1. The SMILES string of the molecule is CCCCCCCCCCCCCCC(O)CCCCCC(CC)S(=O)(=O)[O-].[Na+]. The average Bonchev–Trinajstić information content (AvgIpc) is 2.64. The minimum Gasteiger partial charge on any atom is -0.748 e. The molecular formula is C23H47NaO4S. The van der Waals surface area contributed by atoms with Crippen LogP contribution in [0.1, 0.15) is 136 Å². The van der Waals surface area contributed by atoms with Gasteiger partial charge in [-0.15, -0.1) is 0 Å². The van der Waals surface area contributed by atoms with Gasteiger partial charge in [-0.2, -0.15) is 0 Å². The third-order valence-electron chi connectivity index (χ3n) is 5.82. The molecule has 0 radical (unpaired) electrons. The summed E-state index contributed by atoms with van der Waals surface area (Å²) < 4.78 is 33.1. The Morgan fingerprint density at radius 1 is 0.655 bits per heavy atom. The van der Waals surface area contributed by atoms with E-state index in [9.17, 15) is 18.1 Å². The molecule has 0 aromatic rings. The fraction of sp³-hybridized carbons (Fsp3) is 1.00. The van der Waals surface area contributed by atoms with Crippen LogP contribution >= 0.6 is 0 Å². The smallest absolute Gasteiger partial charge is 0.748 e. The van der Waals surface area contributed by atoms with E-state index in [2.05, 4.69) is 6.92 Å². The average molecular weight is 443 g/mol. The van der Waals surface area contributed by atoms with Crippen LogP contribution in [0.5, 0.6) is 0 Å². The van der Waals surface area contributed by atoms with Crippen LogP contribution in [0.2, 0.25) is 0 Å². The Morgan fingerprint density at radius 2 is 1.00 bits per heavy atom. The first-order valence-electron chi connectivity index (χ1n) is 12.0. The van der Waals surface area contributed by atoms with Gasteiger partial charge in [-0.1, -0.05) is 110 Å². The molecule has 0 aromatic heterocycles. The zero-order chi connectivity index (χ0) is 21.1. The summed E-state index contributed by atoms with van der Waals surface area (Å²) in [6.45, 7) is 4.01. The first-order valence-corrected chi connectivity index (χ1v) is 13.5. The van der Waals surface area contributed by atoms with Gasteiger partial charge in [-0.25, -0.2) is 8.42 Å². The molecule has 4 nitrogen and oxygen atoms in total. The van der Waals surface area contributed by atoms with Crippen molar-refractivity contribution in [3.8, 4) is 0 Å². The van der Waals surface area contributed by atoms with Crippen LogP contribution < -0.4 is 29.6 Å². The van der Waals surface area contributed by atoms with Gasteiger partial charge in [0, 0.05) is 5.25 Å². The molecule has 0 aliphatic heterocycles. The molecule has 0 saturated carbocycles. The maximum absolute atomic E-state index is 11.0. The largest absolute Gasteiger partial charge is 1.00 e. The number of hydrogen-bond acceptors (Lipinski definition) is 4. The van der Waals surface area contributed by atoms with Crippen LogP contribution in [0.4, 0.5) is 0 Å². The second-order valence-electron chi connectivity index (χ2n) is 8.49. The maximum Gasteiger partial charge on any atom is 1.00 e. The summed E-state index contributed by atoms with van der Waals surface area (Å²) >= 11 is 0. The van der Waals surface area contributed by atoms with Gasteiger partial charge >= 0.3 is 29.6 Å². The number of aliphatic hydroxyl groups is 1. The maximum atomic E-state index is 11.0. The molecule has 6 heteroatoms. The van der Waals surface area contributed by atoms with Crippen molar-refractivity contribution in [3.63, 3.8) is 0 Å². The Hall–Kier alpha value is 0.870. The molecule has 0 spiro atoms. The fourth-order valence-electron chi connectivity index (χ4n) is 3.85. The Bertz CT molecular complexity index is 429. The van der Waals surface area contributed by atoms with Gasteiger partial charge in [0.2, 0.25) is 0 Å². The summed E-state index contributed by atoms with van der Waals surface area (Å²) in [5.41, 5.74) is 0. The van der Waals surface area contributed by atoms with Crippen LogP contribution in [0.3, 0.4) is 0 Å². The normalized spacial score (nSPS) is 13.8. The summed E-state index contributed by atoms with van der Waals surface area (Å²) in [6, 6.07) is 0. The van der Waals surface area contributed by atoms with Crippen molar-refractivity contribution in [2.75, 3.05) is 0 Å². The fourth-order valence-corrected chi connectivity index (χ4v) is 4.71. The molecule has 0 heterocycles. The van der Waals surface area contributed by atoms with Gasteiger partial charge in [0.25, 0.3) is 0 Å². The predicted molar refractivity (Wildman–Crippen MR) is 119 cm³/mol. The second kappa shape index (κ2) is 22.1. The van der Waals surface area contributed by atoms with E-state index < -0.39 is 15.4 Å². The molecule has 0 fully saturated rings. The molecule has 0 aliphatic carbocycles. The minimum absolute atomic E-state index is 0. The molecule has 1 N–H and O–H groups in total. The molecule has 0 rings (SSSR count). The molecule has 2 unspecified atom stereocenters. The van der Waals surface area contributed by atoms with Crippen LogP contribution in [0.15, 0.2) is 0 Å². The van der Waals surface area contributed by atoms with Crippen molar-refractivity contribution < 1.29 is 47.6 Å². The van der Waals surface area contributed by atoms with Crippen molar-refractivity contribution >= 4 is 10.1 Å². The van der Waals surface area contributed by atoms with E-state index in [1.54, 1.807) is 6.92 Å². The topological polar surface area (TPSA) is 77.4 Å². The summed E-state index contributed by atoms with van der Waals surface area (Å²) in [7, 11) is -4.15. The van der Waals surface area contributed by atoms with E-state index in [4.69, 9.17) is 0 Å². The minimum atomic E-state index is -4.15. The number of aliphatic hydroxyl groups excluding tert-OH is 1. The Labute approximate surface area is 204 Å². The van der Waals surface area contributed by atoms with Gasteiger partial charge in [-0.05, 0) is 25.7 Å². The summed E-state index contributed by atoms with van der Waals surface area (Å²) in [5, 5.41) is 9.31. The zero-order valence-electron chi connectivity index (χ0n) is 19.7. The van der Waals surface area contributed by atoms with E-state index >= 15 is 0 Å². The molecule has 0 saturated heterocycles. The first kappa shape index (κ1) is 32.1. The van der Waals surface area contributed by atoms with Crippen LogP contribution in [0, 0.1) is 0 Å². The quantitative estimate of drug-likeness (QED) is 0.167. The zero-order valence-corrected chi connectivity index (χ0v) is 22.5. The molecule has 0 amide bonds. The van der Waals surface area contributed by atoms with Crippen LogP contribution in [0.25, 0.3) is 0 Å². The molecule has 0 aromatic carbocycles. The molecule has 29 heavy (non-hydrogen) atoms. The van der Waals surface area contributed by atoms with E-state index in [-0.39, 0.29) is 35.7 Å². The molecular weight excluding hydrogens is 395 g/mol. The van der Waals surface area contributed by atoms with Crippen molar-refractivity contribution in [2.45, 2.75) is 147 Å². The molecule has 0 aliphatic rings. The monoisotopic (exact) mass is 442 g/mol. The van der Waals surface area contributed by atoms with Crippen molar-refractivity contribution in [3.05, 3.63) is 0 Å². The Morgan fingerprint density at radius 3 is 1.38 bits per heavy atom. The summed E-state index contributed by atoms with van der Waals surface area (Å²) in [4.78, 5) is 0. The second-order valence-corrected chi connectivity index (χ2v) is 10.1. The summed E-state index contributed by atoms with van der Waals surface area (Å²) in [6.07, 6.45) is 20.8.